The van der Waals surface area contributed by atoms with Crippen LogP contribution in [0.15, 0.2) is 40.3 Å². The molecule has 0 atom stereocenters. The first-order valence-corrected chi connectivity index (χ1v) is 13.2. The smallest absolute Gasteiger partial charge is 0.285 e. The number of benzene rings is 2. The van der Waals surface area contributed by atoms with Crippen molar-refractivity contribution < 1.29 is 36.3 Å². The number of alkyl halides is 2. The highest BCUT2D eigenvalue weighted by atomic mass is 35.5. The van der Waals surface area contributed by atoms with Crippen LogP contribution in [-0.4, -0.2) is 45.4 Å². The summed E-state index contributed by atoms with van der Waals surface area (Å²) < 4.78 is 65.8. The minimum Gasteiger partial charge on any atom is -0.495 e. The molecule has 37 heavy (non-hydrogen) atoms. The third-order valence-electron chi connectivity index (χ3n) is 5.82. The second-order valence-corrected chi connectivity index (χ2v) is 11.1. The molecule has 1 heterocycles. The van der Waals surface area contributed by atoms with E-state index < -0.39 is 40.3 Å². The molecule has 4 rings (SSSR count). The first-order chi connectivity index (χ1) is 17.4. The monoisotopic (exact) mass is 575 g/mol. The Morgan fingerprint density at radius 2 is 1.78 bits per heavy atom. The van der Waals surface area contributed by atoms with Crippen LogP contribution in [0, 0.1) is 5.92 Å². The quantitative estimate of drug-likeness (QED) is 0.452. The van der Waals surface area contributed by atoms with E-state index in [9.17, 15) is 26.8 Å². The molecule has 2 aromatic carbocycles. The van der Waals surface area contributed by atoms with E-state index in [2.05, 4.69) is 9.82 Å². The number of hydrogen-bond acceptors (Lipinski definition) is 7. The van der Waals surface area contributed by atoms with E-state index in [0.717, 1.165) is 12.8 Å². The van der Waals surface area contributed by atoms with Crippen molar-refractivity contribution in [3.8, 4) is 17.2 Å². The molecule has 1 amide bonds. The standard InChI is InChI=1S/C23H21Cl2F2N3O6S/c1-11-5-12(6-11)29-37(33,34)19-9-14(3-4-18(19)35-2)36-22-15(24)7-13(8-16(22)25)30-20(32)10-17(31)21(28-30)23(26)27/h3-4,7-9,11-12,23,29H,5-6,10H2,1-2H3. The number of Topliss-reactive ketones (excluding diaryl/α,β-unsaturated/α-hetero) is 1. The zero-order chi connectivity index (χ0) is 27.1. The maximum Gasteiger partial charge on any atom is 0.285 e. The minimum absolute atomic E-state index is 0.0603. The van der Waals surface area contributed by atoms with E-state index in [4.69, 9.17) is 32.7 Å². The Morgan fingerprint density at radius 3 is 2.35 bits per heavy atom. The van der Waals surface area contributed by atoms with Gasteiger partial charge in [0.1, 0.15) is 16.4 Å². The van der Waals surface area contributed by atoms with Gasteiger partial charge >= 0.3 is 0 Å². The summed E-state index contributed by atoms with van der Waals surface area (Å²) in [6.45, 7) is 2.03. The molecule has 2 aromatic rings. The van der Waals surface area contributed by atoms with Gasteiger partial charge in [-0.3, -0.25) is 9.59 Å². The van der Waals surface area contributed by atoms with Gasteiger partial charge < -0.3 is 9.47 Å². The van der Waals surface area contributed by atoms with E-state index in [-0.39, 0.29) is 43.9 Å². The summed E-state index contributed by atoms with van der Waals surface area (Å²) in [5.74, 6) is -1.39. The molecule has 14 heteroatoms. The molecule has 0 saturated heterocycles. The average Bonchev–Trinajstić information content (AvgIpc) is 2.80. The van der Waals surface area contributed by atoms with Crippen molar-refractivity contribution in [2.24, 2.45) is 11.0 Å². The number of ether oxygens (including phenoxy) is 2. The number of methoxy groups -OCH3 is 1. The molecule has 1 N–H and O–H groups in total. The topological polar surface area (TPSA) is 114 Å². The summed E-state index contributed by atoms with van der Waals surface area (Å²) in [4.78, 5) is 23.8. The van der Waals surface area contributed by atoms with Gasteiger partial charge in [0.2, 0.25) is 10.0 Å². The second kappa shape index (κ2) is 10.5. The van der Waals surface area contributed by atoms with Crippen molar-refractivity contribution in [3.63, 3.8) is 0 Å². The summed E-state index contributed by atoms with van der Waals surface area (Å²) in [6.07, 6.45) is -2.50. The number of hydrogen-bond donors (Lipinski definition) is 1. The van der Waals surface area contributed by atoms with Crippen LogP contribution in [0.4, 0.5) is 14.5 Å². The second-order valence-electron chi connectivity index (χ2n) is 8.64. The van der Waals surface area contributed by atoms with Gasteiger partial charge in [0.05, 0.1) is 29.3 Å². The molecule has 1 aliphatic carbocycles. The number of hydrazone groups is 1. The molecule has 1 aliphatic heterocycles. The number of anilines is 1. The van der Waals surface area contributed by atoms with Gasteiger partial charge in [-0.1, -0.05) is 30.1 Å². The molecule has 198 valence electrons. The summed E-state index contributed by atoms with van der Waals surface area (Å²) in [5, 5.41) is 3.84. The molecule has 0 bridgehead atoms. The van der Waals surface area contributed by atoms with Crippen LogP contribution >= 0.6 is 23.2 Å². The number of nitrogens with zero attached hydrogens (tertiary/aromatic N) is 2. The van der Waals surface area contributed by atoms with Gasteiger partial charge in [-0.25, -0.2) is 21.9 Å². The lowest BCUT2D eigenvalue weighted by molar-refractivity contribution is -0.124. The van der Waals surface area contributed by atoms with Crippen molar-refractivity contribution in [1.82, 2.24) is 4.72 Å². The van der Waals surface area contributed by atoms with E-state index in [1.54, 1.807) is 0 Å². The predicted molar refractivity (Wildman–Crippen MR) is 133 cm³/mol. The summed E-state index contributed by atoms with van der Waals surface area (Å²) in [6, 6.07) is 6.33. The first-order valence-electron chi connectivity index (χ1n) is 11.0. The van der Waals surface area contributed by atoms with Crippen molar-refractivity contribution in [2.45, 2.75) is 43.5 Å². The Balaban J connectivity index is 1.63. The van der Waals surface area contributed by atoms with Crippen molar-refractivity contribution in [1.29, 1.82) is 0 Å². The fraction of sp³-hybridized carbons (Fsp3) is 0.348. The van der Waals surface area contributed by atoms with Crippen molar-refractivity contribution in [2.75, 3.05) is 12.1 Å². The van der Waals surface area contributed by atoms with Crippen LogP contribution in [0.25, 0.3) is 0 Å². The normalized spacial score (nSPS) is 20.1. The van der Waals surface area contributed by atoms with Gasteiger partial charge in [-0.15, -0.1) is 0 Å². The highest BCUT2D eigenvalue weighted by Gasteiger charge is 2.34. The maximum atomic E-state index is 13.1. The van der Waals surface area contributed by atoms with Gasteiger partial charge in [-0.2, -0.15) is 10.1 Å². The molecular weight excluding hydrogens is 555 g/mol. The zero-order valence-electron chi connectivity index (χ0n) is 19.5. The Kier molecular flexibility index (Phi) is 7.75. The summed E-state index contributed by atoms with van der Waals surface area (Å²) >= 11 is 12.6. The molecule has 1 fully saturated rings. The largest absolute Gasteiger partial charge is 0.495 e. The molecule has 0 aromatic heterocycles. The number of halogens is 4. The Bertz CT molecular complexity index is 1370. The number of rotatable bonds is 8. The molecule has 9 nitrogen and oxygen atoms in total. The van der Waals surface area contributed by atoms with Gasteiger partial charge in [0.15, 0.2) is 17.2 Å². The summed E-state index contributed by atoms with van der Waals surface area (Å²) in [7, 11) is -2.60. The lowest BCUT2D eigenvalue weighted by Crippen LogP contribution is -2.43. The van der Waals surface area contributed by atoms with Crippen LogP contribution in [0.5, 0.6) is 17.2 Å². The van der Waals surface area contributed by atoms with Crippen LogP contribution in [0.1, 0.15) is 26.2 Å². The van der Waals surface area contributed by atoms with Crippen LogP contribution < -0.4 is 19.2 Å². The highest BCUT2D eigenvalue weighted by molar-refractivity contribution is 7.89. The maximum absolute atomic E-state index is 13.1. The molecule has 2 aliphatic rings. The SMILES string of the molecule is COc1ccc(Oc2c(Cl)cc(N3N=C(C(F)F)C(=O)CC3=O)cc2Cl)cc1S(=O)(=O)NC1CC(C)C1. The third-order valence-corrected chi connectivity index (χ3v) is 7.92. The number of ketones is 1. The minimum atomic E-state index is -3.93. The van der Waals surface area contributed by atoms with Gasteiger partial charge in [0, 0.05) is 12.1 Å². The average molecular weight is 576 g/mol. The fourth-order valence-corrected chi connectivity index (χ4v) is 5.98. The van der Waals surface area contributed by atoms with E-state index >= 15 is 0 Å². The van der Waals surface area contributed by atoms with Crippen molar-refractivity contribution in [3.05, 3.63) is 40.4 Å². The van der Waals surface area contributed by atoms with Crippen LogP contribution in [-0.2, 0) is 19.6 Å². The van der Waals surface area contributed by atoms with Crippen LogP contribution in [0.3, 0.4) is 0 Å². The highest BCUT2D eigenvalue weighted by Crippen LogP contribution is 2.41. The molecule has 1 saturated carbocycles. The van der Waals surface area contributed by atoms with E-state index in [1.807, 2.05) is 6.92 Å². The lowest BCUT2D eigenvalue weighted by Gasteiger charge is -2.33. The third kappa shape index (κ3) is 5.71. The Morgan fingerprint density at radius 1 is 1.14 bits per heavy atom. The predicted octanol–water partition coefficient (Wildman–Crippen LogP) is 4.80. The number of carbonyl (C=O) groups excluding carboxylic acids is 2. The van der Waals surface area contributed by atoms with Gasteiger partial charge in [-0.05, 0) is 43.0 Å². The number of amides is 1. The zero-order valence-corrected chi connectivity index (χ0v) is 21.8. The van der Waals surface area contributed by atoms with Crippen LogP contribution in [0.2, 0.25) is 10.0 Å². The molecule has 0 radical (unpaired) electrons. The Labute approximate surface area is 221 Å². The lowest BCUT2D eigenvalue weighted by atomic mass is 9.83. The molecular formula is C23H21Cl2F2N3O6S. The van der Waals surface area contributed by atoms with E-state index in [0.29, 0.717) is 10.9 Å². The van der Waals surface area contributed by atoms with Gasteiger partial charge in [0.25, 0.3) is 12.3 Å². The molecule has 0 unspecified atom stereocenters. The summed E-state index contributed by atoms with van der Waals surface area (Å²) in [5.41, 5.74) is -1.11. The van der Waals surface area contributed by atoms with Crippen molar-refractivity contribution >= 4 is 56.3 Å². The number of sulfonamides is 1. The fourth-order valence-electron chi connectivity index (χ4n) is 3.99. The Hall–Kier alpha value is -2.80. The number of nitrogens with one attached hydrogen (secondary N) is 1. The number of carbonyl (C=O) groups is 2. The first kappa shape index (κ1) is 27.2. The molecule has 0 spiro atoms. The van der Waals surface area contributed by atoms with E-state index in [1.165, 1.54) is 37.4 Å².